The second-order valence-corrected chi connectivity index (χ2v) is 6.09. The second-order valence-electron chi connectivity index (χ2n) is 6.09. The summed E-state index contributed by atoms with van der Waals surface area (Å²) in [5.74, 6) is -0.124. The van der Waals surface area contributed by atoms with Gasteiger partial charge in [0, 0.05) is 34.6 Å². The van der Waals surface area contributed by atoms with Crippen LogP contribution in [-0.2, 0) is 5.54 Å². The summed E-state index contributed by atoms with van der Waals surface area (Å²) in [5.41, 5.74) is 8.53. The molecule has 0 unspecified atom stereocenters. The molecule has 0 atom stereocenters. The van der Waals surface area contributed by atoms with Crippen molar-refractivity contribution in [2.75, 3.05) is 5.32 Å². The standard InChI is InChI=1S/C19H17N3O/c20-19(8-9-19)14-4-2-5-15(11-14)22-18(23)17-6-1-3-13-12-21-10-7-16(13)17/h1-7,10-12H,8-9,20H2,(H,22,23). The molecule has 1 fully saturated rings. The van der Waals surface area contributed by atoms with Gasteiger partial charge >= 0.3 is 0 Å². The van der Waals surface area contributed by atoms with Crippen molar-refractivity contribution >= 4 is 22.4 Å². The fraction of sp³-hybridized carbons (Fsp3) is 0.158. The van der Waals surface area contributed by atoms with E-state index in [1.54, 1.807) is 12.4 Å². The number of hydrogen-bond donors (Lipinski definition) is 2. The van der Waals surface area contributed by atoms with Crippen LogP contribution in [0.1, 0.15) is 28.8 Å². The van der Waals surface area contributed by atoms with Crippen LogP contribution in [0.4, 0.5) is 5.69 Å². The van der Waals surface area contributed by atoms with Crippen molar-refractivity contribution in [3.63, 3.8) is 0 Å². The largest absolute Gasteiger partial charge is 0.322 e. The Bertz CT molecular complexity index is 895. The van der Waals surface area contributed by atoms with E-state index in [9.17, 15) is 4.79 Å². The van der Waals surface area contributed by atoms with Gasteiger partial charge in [-0.3, -0.25) is 9.78 Å². The number of aromatic nitrogens is 1. The Kier molecular flexibility index (Phi) is 3.13. The molecule has 0 saturated heterocycles. The van der Waals surface area contributed by atoms with E-state index in [2.05, 4.69) is 10.3 Å². The molecule has 23 heavy (non-hydrogen) atoms. The SMILES string of the molecule is NC1(c2cccc(NC(=O)c3cccc4cnccc34)c2)CC1. The third kappa shape index (κ3) is 2.58. The lowest BCUT2D eigenvalue weighted by molar-refractivity contribution is 0.102. The van der Waals surface area contributed by atoms with Gasteiger partial charge in [0.15, 0.2) is 0 Å². The van der Waals surface area contributed by atoms with E-state index in [-0.39, 0.29) is 11.4 Å². The Balaban J connectivity index is 1.65. The molecule has 4 nitrogen and oxygen atoms in total. The average Bonchev–Trinajstić information content (AvgIpc) is 3.33. The second kappa shape index (κ2) is 5.18. The van der Waals surface area contributed by atoms with Crippen LogP contribution in [-0.4, -0.2) is 10.9 Å². The molecule has 1 saturated carbocycles. The van der Waals surface area contributed by atoms with E-state index in [1.807, 2.05) is 48.5 Å². The van der Waals surface area contributed by atoms with Crippen molar-refractivity contribution in [2.24, 2.45) is 5.73 Å². The highest BCUT2D eigenvalue weighted by molar-refractivity contribution is 6.12. The summed E-state index contributed by atoms with van der Waals surface area (Å²) in [5, 5.41) is 4.82. The minimum Gasteiger partial charge on any atom is -0.322 e. The predicted octanol–water partition coefficient (Wildman–Crippen LogP) is 3.43. The molecule has 4 rings (SSSR count). The van der Waals surface area contributed by atoms with Crippen molar-refractivity contribution in [3.8, 4) is 0 Å². The zero-order chi connectivity index (χ0) is 15.9. The van der Waals surface area contributed by atoms with E-state index in [4.69, 9.17) is 5.73 Å². The minimum atomic E-state index is -0.203. The summed E-state index contributed by atoms with van der Waals surface area (Å²) < 4.78 is 0. The first-order valence-corrected chi connectivity index (χ1v) is 7.69. The zero-order valence-electron chi connectivity index (χ0n) is 12.6. The van der Waals surface area contributed by atoms with Gasteiger partial charge in [0.25, 0.3) is 5.91 Å². The highest BCUT2D eigenvalue weighted by Gasteiger charge is 2.39. The van der Waals surface area contributed by atoms with Gasteiger partial charge in [0.2, 0.25) is 0 Å². The Hall–Kier alpha value is -2.72. The lowest BCUT2D eigenvalue weighted by Crippen LogP contribution is -2.19. The molecule has 3 aromatic rings. The van der Waals surface area contributed by atoms with Crippen molar-refractivity contribution < 1.29 is 4.79 Å². The Morgan fingerprint density at radius 2 is 1.96 bits per heavy atom. The quantitative estimate of drug-likeness (QED) is 0.779. The third-order valence-corrected chi connectivity index (χ3v) is 4.41. The van der Waals surface area contributed by atoms with Gasteiger partial charge in [-0.2, -0.15) is 0 Å². The lowest BCUT2D eigenvalue weighted by Gasteiger charge is -2.12. The number of fused-ring (bicyclic) bond motifs is 1. The van der Waals surface area contributed by atoms with Gasteiger partial charge in [-0.1, -0.05) is 24.3 Å². The van der Waals surface area contributed by atoms with Gasteiger partial charge in [0.1, 0.15) is 0 Å². The normalized spacial score (nSPS) is 15.3. The molecule has 1 aliphatic carbocycles. The van der Waals surface area contributed by atoms with Crippen LogP contribution < -0.4 is 11.1 Å². The van der Waals surface area contributed by atoms with Crippen LogP contribution in [0.25, 0.3) is 10.8 Å². The third-order valence-electron chi connectivity index (χ3n) is 4.41. The first kappa shape index (κ1) is 13.9. The molecule has 1 amide bonds. The van der Waals surface area contributed by atoms with E-state index < -0.39 is 0 Å². The summed E-state index contributed by atoms with van der Waals surface area (Å²) >= 11 is 0. The Morgan fingerprint density at radius 3 is 2.78 bits per heavy atom. The van der Waals surface area contributed by atoms with E-state index >= 15 is 0 Å². The lowest BCUT2D eigenvalue weighted by atomic mass is 10.0. The molecule has 2 aromatic carbocycles. The molecular weight excluding hydrogens is 286 g/mol. The molecule has 0 radical (unpaired) electrons. The van der Waals surface area contributed by atoms with E-state index in [0.29, 0.717) is 5.56 Å². The first-order chi connectivity index (χ1) is 11.2. The number of hydrogen-bond acceptors (Lipinski definition) is 3. The van der Waals surface area contributed by atoms with Gasteiger partial charge in [-0.05, 0) is 48.1 Å². The molecule has 0 bridgehead atoms. The minimum absolute atomic E-state index is 0.124. The molecule has 0 spiro atoms. The Labute approximate surface area is 134 Å². The highest BCUT2D eigenvalue weighted by atomic mass is 16.1. The average molecular weight is 303 g/mol. The number of pyridine rings is 1. The number of anilines is 1. The highest BCUT2D eigenvalue weighted by Crippen LogP contribution is 2.43. The maximum Gasteiger partial charge on any atom is 0.256 e. The number of rotatable bonds is 3. The van der Waals surface area contributed by atoms with Gasteiger partial charge in [0.05, 0.1) is 0 Å². The number of nitrogens with one attached hydrogen (secondary N) is 1. The summed E-state index contributed by atoms with van der Waals surface area (Å²) in [6, 6.07) is 15.3. The number of nitrogens with zero attached hydrogens (tertiary/aromatic N) is 1. The summed E-state index contributed by atoms with van der Waals surface area (Å²) in [6.07, 6.45) is 5.46. The molecular formula is C19H17N3O. The first-order valence-electron chi connectivity index (χ1n) is 7.69. The van der Waals surface area contributed by atoms with Crippen LogP contribution in [0.15, 0.2) is 60.9 Å². The van der Waals surface area contributed by atoms with E-state index in [1.165, 1.54) is 0 Å². The summed E-state index contributed by atoms with van der Waals surface area (Å²) in [4.78, 5) is 16.7. The molecule has 3 N–H and O–H groups in total. The smallest absolute Gasteiger partial charge is 0.256 e. The number of nitrogens with two attached hydrogens (primary N) is 1. The topological polar surface area (TPSA) is 68.0 Å². The maximum absolute atomic E-state index is 12.6. The van der Waals surface area contributed by atoms with Crippen LogP contribution >= 0.6 is 0 Å². The molecule has 4 heteroatoms. The number of carbonyl (C=O) groups is 1. The zero-order valence-corrected chi connectivity index (χ0v) is 12.6. The fourth-order valence-corrected chi connectivity index (χ4v) is 2.85. The van der Waals surface area contributed by atoms with Crippen LogP contribution in [0.5, 0.6) is 0 Å². The summed E-state index contributed by atoms with van der Waals surface area (Å²) in [6.45, 7) is 0. The van der Waals surface area contributed by atoms with Gasteiger partial charge in [-0.15, -0.1) is 0 Å². The van der Waals surface area contributed by atoms with Crippen molar-refractivity contribution in [3.05, 3.63) is 72.1 Å². The molecule has 1 aromatic heterocycles. The van der Waals surface area contributed by atoms with Gasteiger partial charge in [-0.25, -0.2) is 0 Å². The maximum atomic E-state index is 12.6. The number of carbonyl (C=O) groups excluding carboxylic acids is 1. The molecule has 1 aliphatic rings. The number of amides is 1. The molecule has 1 heterocycles. The van der Waals surface area contributed by atoms with Crippen LogP contribution in [0, 0.1) is 0 Å². The van der Waals surface area contributed by atoms with Crippen LogP contribution in [0.3, 0.4) is 0 Å². The number of benzene rings is 2. The molecule has 0 aliphatic heterocycles. The monoisotopic (exact) mass is 303 g/mol. The van der Waals surface area contributed by atoms with Gasteiger partial charge < -0.3 is 11.1 Å². The van der Waals surface area contributed by atoms with Crippen molar-refractivity contribution in [1.82, 2.24) is 4.98 Å². The Morgan fingerprint density at radius 1 is 1.13 bits per heavy atom. The van der Waals surface area contributed by atoms with Crippen molar-refractivity contribution in [2.45, 2.75) is 18.4 Å². The van der Waals surface area contributed by atoms with Crippen molar-refractivity contribution in [1.29, 1.82) is 0 Å². The molecule has 114 valence electrons. The van der Waals surface area contributed by atoms with E-state index in [0.717, 1.165) is 34.9 Å². The fourth-order valence-electron chi connectivity index (χ4n) is 2.85. The predicted molar refractivity (Wildman–Crippen MR) is 91.2 cm³/mol. The van der Waals surface area contributed by atoms with Crippen LogP contribution in [0.2, 0.25) is 0 Å². The summed E-state index contributed by atoms with van der Waals surface area (Å²) in [7, 11) is 0.